The highest BCUT2D eigenvalue weighted by Gasteiger charge is 2.74. The SMILES string of the molecule is O=C(NCCCCCCO)C(F)(F)C(F)(F)OC(F)(C(=O)NCCCCCCO)C(F)(F)F. The van der Waals surface area contributed by atoms with Crippen molar-refractivity contribution in [1.29, 1.82) is 0 Å². The van der Waals surface area contributed by atoms with Crippen LogP contribution in [0.3, 0.4) is 0 Å². The third-order valence-corrected chi connectivity index (χ3v) is 4.32. The van der Waals surface area contributed by atoms with Gasteiger partial charge < -0.3 is 20.8 Å². The van der Waals surface area contributed by atoms with Crippen LogP contribution in [-0.2, 0) is 14.3 Å². The molecule has 0 aromatic rings. The summed E-state index contributed by atoms with van der Waals surface area (Å²) >= 11 is 0. The Kier molecular flexibility index (Phi) is 13.1. The van der Waals surface area contributed by atoms with Gasteiger partial charge in [-0.3, -0.25) is 14.3 Å². The summed E-state index contributed by atoms with van der Waals surface area (Å²) in [7, 11) is 0. The number of ether oxygens (including phenoxy) is 1. The number of aliphatic hydroxyl groups excluding tert-OH is 2. The third-order valence-electron chi connectivity index (χ3n) is 4.32. The zero-order valence-corrected chi connectivity index (χ0v) is 17.6. The van der Waals surface area contributed by atoms with Gasteiger partial charge in [0.05, 0.1) is 0 Å². The average Bonchev–Trinajstić information content (AvgIpc) is 2.71. The number of aliphatic hydroxyl groups is 2. The summed E-state index contributed by atoms with van der Waals surface area (Å²) in [5, 5.41) is 19.9. The number of hydrogen-bond donors (Lipinski definition) is 4. The molecule has 2 amide bonds. The number of alkyl halides is 8. The number of carbonyl (C=O) groups is 2. The standard InChI is InChI=1S/C18H28F8N2O5/c19-15(20,13(31)27-9-5-1-3-7-11-29)18(25,26)33-16(21,17(22,23)24)14(32)28-10-6-2-4-8-12-30/h29-30H,1-12H2,(H,27,31)(H,28,32). The topological polar surface area (TPSA) is 108 Å². The molecule has 0 saturated carbocycles. The fraction of sp³-hybridized carbons (Fsp3) is 0.889. The predicted molar refractivity (Wildman–Crippen MR) is 98.0 cm³/mol. The number of amides is 2. The minimum Gasteiger partial charge on any atom is -0.396 e. The molecule has 4 N–H and O–H groups in total. The number of halogens is 8. The Morgan fingerprint density at radius 3 is 1.42 bits per heavy atom. The normalized spacial score (nSPS) is 14.6. The smallest absolute Gasteiger partial charge is 0.396 e. The Morgan fingerprint density at radius 1 is 0.636 bits per heavy atom. The van der Waals surface area contributed by atoms with Crippen LogP contribution >= 0.6 is 0 Å². The van der Waals surface area contributed by atoms with Gasteiger partial charge in [-0.15, -0.1) is 0 Å². The monoisotopic (exact) mass is 504 g/mol. The molecule has 1 unspecified atom stereocenters. The first-order chi connectivity index (χ1) is 15.2. The molecule has 0 bridgehead atoms. The molecule has 0 heterocycles. The zero-order valence-electron chi connectivity index (χ0n) is 17.6. The van der Waals surface area contributed by atoms with Crippen molar-refractivity contribution in [3.63, 3.8) is 0 Å². The highest BCUT2D eigenvalue weighted by molar-refractivity contribution is 5.86. The molecular weight excluding hydrogens is 476 g/mol. The molecule has 0 spiro atoms. The van der Waals surface area contributed by atoms with Gasteiger partial charge in [0.1, 0.15) is 0 Å². The maximum atomic E-state index is 14.3. The van der Waals surface area contributed by atoms with Crippen molar-refractivity contribution >= 4 is 11.8 Å². The van der Waals surface area contributed by atoms with Gasteiger partial charge in [-0.1, -0.05) is 25.7 Å². The molecule has 0 aliphatic rings. The van der Waals surface area contributed by atoms with Crippen LogP contribution < -0.4 is 10.6 Å². The van der Waals surface area contributed by atoms with Crippen molar-refractivity contribution in [3.8, 4) is 0 Å². The maximum Gasteiger partial charge on any atom is 0.458 e. The van der Waals surface area contributed by atoms with Crippen LogP contribution in [0.1, 0.15) is 51.4 Å². The molecule has 0 aliphatic heterocycles. The van der Waals surface area contributed by atoms with Crippen LogP contribution in [0, 0.1) is 0 Å². The first-order valence-corrected chi connectivity index (χ1v) is 10.2. The number of hydrogen-bond acceptors (Lipinski definition) is 5. The van der Waals surface area contributed by atoms with Gasteiger partial charge in [0.2, 0.25) is 0 Å². The van der Waals surface area contributed by atoms with Gasteiger partial charge in [0, 0.05) is 26.3 Å². The lowest BCUT2D eigenvalue weighted by Crippen LogP contribution is -2.63. The third kappa shape index (κ3) is 9.57. The molecule has 196 valence electrons. The van der Waals surface area contributed by atoms with E-state index in [0.717, 1.165) is 0 Å². The maximum absolute atomic E-state index is 14.3. The van der Waals surface area contributed by atoms with E-state index in [4.69, 9.17) is 10.2 Å². The first kappa shape index (κ1) is 31.3. The van der Waals surface area contributed by atoms with Gasteiger partial charge in [-0.05, 0) is 25.7 Å². The quantitative estimate of drug-likeness (QED) is 0.180. The van der Waals surface area contributed by atoms with E-state index in [1.807, 2.05) is 0 Å². The van der Waals surface area contributed by atoms with E-state index in [1.54, 1.807) is 0 Å². The minimum absolute atomic E-state index is 0.0209. The lowest BCUT2D eigenvalue weighted by molar-refractivity contribution is -0.428. The summed E-state index contributed by atoms with van der Waals surface area (Å²) in [5.74, 6) is -17.3. The molecule has 0 aromatic carbocycles. The molecule has 1 atom stereocenters. The number of nitrogens with one attached hydrogen (secondary N) is 2. The molecule has 0 rings (SSSR count). The van der Waals surface area contributed by atoms with Crippen LogP contribution in [-0.4, -0.2) is 72.4 Å². The van der Waals surface area contributed by atoms with Crippen molar-refractivity contribution in [2.24, 2.45) is 0 Å². The molecule has 0 fully saturated rings. The van der Waals surface area contributed by atoms with Crippen LogP contribution in [0.15, 0.2) is 0 Å². The van der Waals surface area contributed by atoms with Gasteiger partial charge in [-0.25, -0.2) is 0 Å². The van der Waals surface area contributed by atoms with Crippen LogP contribution in [0.4, 0.5) is 35.1 Å². The molecule has 33 heavy (non-hydrogen) atoms. The molecule has 15 heteroatoms. The Bertz CT molecular complexity index is 607. The van der Waals surface area contributed by atoms with Crippen molar-refractivity contribution in [2.75, 3.05) is 26.3 Å². The van der Waals surface area contributed by atoms with E-state index in [9.17, 15) is 44.7 Å². The molecule has 7 nitrogen and oxygen atoms in total. The zero-order chi connectivity index (χ0) is 25.8. The molecule has 0 radical (unpaired) electrons. The Morgan fingerprint density at radius 2 is 1.03 bits per heavy atom. The van der Waals surface area contributed by atoms with E-state index in [-0.39, 0.29) is 32.5 Å². The Labute approximate surface area is 184 Å². The largest absolute Gasteiger partial charge is 0.458 e. The van der Waals surface area contributed by atoms with E-state index in [1.165, 1.54) is 10.6 Å². The van der Waals surface area contributed by atoms with E-state index < -0.39 is 49.0 Å². The number of unbranched alkanes of at least 4 members (excludes halogenated alkanes) is 6. The second kappa shape index (κ2) is 13.8. The Hall–Kier alpha value is -1.74. The second-order valence-corrected chi connectivity index (χ2v) is 7.07. The molecule has 0 aliphatic carbocycles. The molecule has 0 aromatic heterocycles. The second-order valence-electron chi connectivity index (χ2n) is 7.07. The van der Waals surface area contributed by atoms with Crippen molar-refractivity contribution in [3.05, 3.63) is 0 Å². The van der Waals surface area contributed by atoms with Gasteiger partial charge >= 0.3 is 24.1 Å². The Balaban J connectivity index is 5.17. The van der Waals surface area contributed by atoms with Gasteiger partial charge in [0.15, 0.2) is 0 Å². The fourth-order valence-corrected chi connectivity index (χ4v) is 2.42. The fourth-order valence-electron chi connectivity index (χ4n) is 2.42. The minimum atomic E-state index is -6.48. The summed E-state index contributed by atoms with van der Waals surface area (Å²) in [6.07, 6.45) is -10.6. The van der Waals surface area contributed by atoms with Crippen molar-refractivity contribution in [2.45, 2.75) is 75.4 Å². The van der Waals surface area contributed by atoms with Crippen molar-refractivity contribution < 1.29 is 59.7 Å². The first-order valence-electron chi connectivity index (χ1n) is 10.2. The molecular formula is C18H28F8N2O5. The van der Waals surface area contributed by atoms with E-state index in [2.05, 4.69) is 4.74 Å². The lowest BCUT2D eigenvalue weighted by Gasteiger charge is -2.33. The number of carbonyl (C=O) groups excluding carboxylic acids is 2. The van der Waals surface area contributed by atoms with Crippen LogP contribution in [0.5, 0.6) is 0 Å². The van der Waals surface area contributed by atoms with Crippen LogP contribution in [0.2, 0.25) is 0 Å². The summed E-state index contributed by atoms with van der Waals surface area (Å²) in [6.45, 7) is -1.47. The lowest BCUT2D eigenvalue weighted by atomic mass is 10.2. The van der Waals surface area contributed by atoms with Crippen LogP contribution in [0.25, 0.3) is 0 Å². The van der Waals surface area contributed by atoms with Gasteiger partial charge in [0.25, 0.3) is 11.8 Å². The average molecular weight is 504 g/mol. The van der Waals surface area contributed by atoms with Gasteiger partial charge in [-0.2, -0.15) is 35.1 Å². The summed E-state index contributed by atoms with van der Waals surface area (Å²) in [6, 6.07) is 0. The summed E-state index contributed by atoms with van der Waals surface area (Å²) < 4.78 is 111. The predicted octanol–water partition coefficient (Wildman–Crippen LogP) is 2.80. The number of rotatable bonds is 17. The van der Waals surface area contributed by atoms with E-state index >= 15 is 0 Å². The van der Waals surface area contributed by atoms with E-state index in [0.29, 0.717) is 32.1 Å². The summed E-state index contributed by atoms with van der Waals surface area (Å²) in [5.41, 5.74) is 0. The highest BCUT2D eigenvalue weighted by atomic mass is 19.4. The highest BCUT2D eigenvalue weighted by Crippen LogP contribution is 2.45. The molecule has 0 saturated heterocycles. The van der Waals surface area contributed by atoms with Crippen molar-refractivity contribution in [1.82, 2.24) is 10.6 Å². The summed E-state index contributed by atoms with van der Waals surface area (Å²) in [4.78, 5) is 23.0.